The molecule has 1 atom stereocenters. The third kappa shape index (κ3) is 3.55. The van der Waals surface area contributed by atoms with Gasteiger partial charge in [-0.2, -0.15) is 4.31 Å². The zero-order valence-electron chi connectivity index (χ0n) is 17.4. The van der Waals surface area contributed by atoms with Crippen LogP contribution in [0.5, 0.6) is 0 Å². The molecule has 1 aromatic carbocycles. The summed E-state index contributed by atoms with van der Waals surface area (Å²) >= 11 is 0. The molecule has 3 aliphatic rings. The molecule has 2 aromatic rings. The van der Waals surface area contributed by atoms with Crippen LogP contribution in [-0.2, 0) is 21.9 Å². The summed E-state index contributed by atoms with van der Waals surface area (Å²) in [6.45, 7) is 1.95. The first-order valence-corrected chi connectivity index (χ1v) is 12.1. The molecule has 0 bridgehead atoms. The molecule has 3 heterocycles. The van der Waals surface area contributed by atoms with Crippen LogP contribution in [0.4, 0.5) is 4.39 Å². The number of nitrogens with zero attached hydrogens (tertiary/aromatic N) is 5. The number of rotatable bonds is 4. The number of hydrogen-bond donors (Lipinski definition) is 0. The summed E-state index contributed by atoms with van der Waals surface area (Å²) in [6.07, 6.45) is 4.86. The van der Waals surface area contributed by atoms with Crippen LogP contribution in [0.15, 0.2) is 35.5 Å². The summed E-state index contributed by atoms with van der Waals surface area (Å²) in [4.78, 5) is 14.9. The Morgan fingerprint density at radius 3 is 2.42 bits per heavy atom. The molecule has 1 amide bonds. The Bertz CT molecular complexity index is 1090. The van der Waals surface area contributed by atoms with E-state index in [0.717, 1.165) is 18.7 Å². The molecule has 8 nitrogen and oxygen atoms in total. The number of carbonyl (C=O) groups is 1. The maximum atomic E-state index is 13.2. The molecule has 5 rings (SSSR count). The number of amides is 1. The fourth-order valence-corrected chi connectivity index (χ4v) is 6.56. The highest BCUT2D eigenvalue weighted by molar-refractivity contribution is 7.89. The monoisotopic (exact) mass is 447 g/mol. The van der Waals surface area contributed by atoms with E-state index in [-0.39, 0.29) is 28.1 Å². The number of aromatic nitrogens is 3. The maximum absolute atomic E-state index is 13.2. The SMILES string of the molecule is Cn1cnnc1C1CN(C(=O)C2CC2)CC12CCN(S(=O)(=O)c1ccc(F)cc1)CC2. The van der Waals surface area contributed by atoms with Gasteiger partial charge in [0.15, 0.2) is 0 Å². The zero-order chi connectivity index (χ0) is 21.8. The molecule has 1 aliphatic carbocycles. The predicted octanol–water partition coefficient (Wildman–Crippen LogP) is 1.76. The van der Waals surface area contributed by atoms with Crippen molar-refractivity contribution in [2.24, 2.45) is 18.4 Å². The third-order valence-corrected chi connectivity index (χ3v) is 9.03. The van der Waals surface area contributed by atoms with Crippen molar-refractivity contribution in [2.75, 3.05) is 26.2 Å². The van der Waals surface area contributed by atoms with E-state index < -0.39 is 15.8 Å². The second kappa shape index (κ2) is 7.37. The molecule has 1 saturated carbocycles. The van der Waals surface area contributed by atoms with Crippen LogP contribution in [0.2, 0.25) is 0 Å². The van der Waals surface area contributed by atoms with Gasteiger partial charge in [-0.15, -0.1) is 10.2 Å². The van der Waals surface area contributed by atoms with Gasteiger partial charge in [-0.25, -0.2) is 12.8 Å². The first kappa shape index (κ1) is 20.6. The minimum Gasteiger partial charge on any atom is -0.341 e. The first-order chi connectivity index (χ1) is 14.8. The van der Waals surface area contributed by atoms with Gasteiger partial charge in [0.1, 0.15) is 18.0 Å². The van der Waals surface area contributed by atoms with E-state index >= 15 is 0 Å². The van der Waals surface area contributed by atoms with E-state index in [1.165, 1.54) is 28.6 Å². The molecule has 1 spiro atoms. The maximum Gasteiger partial charge on any atom is 0.243 e. The van der Waals surface area contributed by atoms with Gasteiger partial charge in [0.05, 0.1) is 4.90 Å². The number of carbonyl (C=O) groups excluding carboxylic acids is 1. The first-order valence-electron chi connectivity index (χ1n) is 10.7. The Morgan fingerprint density at radius 1 is 1.16 bits per heavy atom. The fourth-order valence-electron chi connectivity index (χ4n) is 5.12. The molecule has 31 heavy (non-hydrogen) atoms. The molecular weight excluding hydrogens is 421 g/mol. The lowest BCUT2D eigenvalue weighted by Crippen LogP contribution is -2.46. The largest absolute Gasteiger partial charge is 0.341 e. The normalized spacial score (nSPS) is 24.1. The molecule has 0 radical (unpaired) electrons. The molecule has 1 aromatic heterocycles. The summed E-state index contributed by atoms with van der Waals surface area (Å²) < 4.78 is 42.7. The zero-order valence-corrected chi connectivity index (χ0v) is 18.3. The standard InChI is InChI=1S/C21H26FN5O3S/c1-25-14-23-24-19(25)18-12-26(20(28)15-2-3-15)13-21(18)8-10-27(11-9-21)31(29,30)17-6-4-16(22)5-7-17/h4-7,14-15,18H,2-3,8-13H2,1H3. The third-order valence-electron chi connectivity index (χ3n) is 7.11. The van der Waals surface area contributed by atoms with Crippen molar-refractivity contribution in [3.63, 3.8) is 0 Å². The van der Waals surface area contributed by atoms with Crippen LogP contribution in [0.25, 0.3) is 0 Å². The minimum atomic E-state index is -3.68. The molecule has 166 valence electrons. The summed E-state index contributed by atoms with van der Waals surface area (Å²) in [6, 6.07) is 4.95. The lowest BCUT2D eigenvalue weighted by Gasteiger charge is -2.41. The van der Waals surface area contributed by atoms with Crippen LogP contribution in [0, 0.1) is 17.2 Å². The van der Waals surface area contributed by atoms with Crippen molar-refractivity contribution in [3.8, 4) is 0 Å². The van der Waals surface area contributed by atoms with E-state index in [1.54, 1.807) is 6.33 Å². The summed E-state index contributed by atoms with van der Waals surface area (Å²) in [5, 5.41) is 8.37. The minimum absolute atomic E-state index is 0.0263. The van der Waals surface area contributed by atoms with E-state index in [2.05, 4.69) is 10.2 Å². The second-order valence-corrected chi connectivity index (χ2v) is 11.0. The van der Waals surface area contributed by atoms with Gasteiger partial charge in [-0.1, -0.05) is 0 Å². The van der Waals surface area contributed by atoms with Gasteiger partial charge in [-0.3, -0.25) is 4.79 Å². The summed E-state index contributed by atoms with van der Waals surface area (Å²) in [5.74, 6) is 0.772. The summed E-state index contributed by atoms with van der Waals surface area (Å²) in [5.41, 5.74) is -0.222. The van der Waals surface area contributed by atoms with Crippen molar-refractivity contribution in [1.29, 1.82) is 0 Å². The number of aryl methyl sites for hydroxylation is 1. The number of sulfonamides is 1. The number of hydrogen-bond acceptors (Lipinski definition) is 5. The quantitative estimate of drug-likeness (QED) is 0.713. The number of halogens is 1. The van der Waals surface area contributed by atoms with Crippen molar-refractivity contribution in [1.82, 2.24) is 24.0 Å². The second-order valence-electron chi connectivity index (χ2n) is 9.07. The van der Waals surface area contributed by atoms with Crippen LogP contribution < -0.4 is 0 Å². The molecular formula is C21H26FN5O3S. The topological polar surface area (TPSA) is 88.4 Å². The van der Waals surface area contributed by atoms with Crippen LogP contribution >= 0.6 is 0 Å². The molecule has 3 fully saturated rings. The van der Waals surface area contributed by atoms with Gasteiger partial charge in [0, 0.05) is 50.5 Å². The molecule has 2 aliphatic heterocycles. The van der Waals surface area contributed by atoms with E-state index in [9.17, 15) is 17.6 Å². The van der Waals surface area contributed by atoms with Gasteiger partial charge in [0.25, 0.3) is 0 Å². The van der Waals surface area contributed by atoms with Crippen molar-refractivity contribution in [2.45, 2.75) is 36.5 Å². The van der Waals surface area contributed by atoms with Crippen LogP contribution in [0.1, 0.15) is 37.4 Å². The highest BCUT2D eigenvalue weighted by Gasteiger charge is 2.53. The smallest absolute Gasteiger partial charge is 0.243 e. The molecule has 10 heteroatoms. The number of piperidine rings is 1. The number of likely N-dealkylation sites (tertiary alicyclic amines) is 1. The number of benzene rings is 1. The molecule has 2 saturated heterocycles. The Balaban J connectivity index is 1.39. The van der Waals surface area contributed by atoms with Crippen molar-refractivity contribution in [3.05, 3.63) is 42.2 Å². The molecule has 0 N–H and O–H groups in total. The van der Waals surface area contributed by atoms with Gasteiger partial charge < -0.3 is 9.47 Å². The van der Waals surface area contributed by atoms with E-state index in [4.69, 9.17) is 0 Å². The Morgan fingerprint density at radius 2 is 1.84 bits per heavy atom. The van der Waals surface area contributed by atoms with E-state index in [0.29, 0.717) is 39.0 Å². The van der Waals surface area contributed by atoms with E-state index in [1.807, 2.05) is 16.5 Å². The highest BCUT2D eigenvalue weighted by atomic mass is 32.2. The summed E-state index contributed by atoms with van der Waals surface area (Å²) in [7, 11) is -1.78. The van der Waals surface area contributed by atoms with Gasteiger partial charge in [0.2, 0.25) is 15.9 Å². The van der Waals surface area contributed by atoms with Crippen LogP contribution in [-0.4, -0.2) is 64.5 Å². The Hall–Kier alpha value is -2.33. The Labute approximate surface area is 181 Å². The predicted molar refractivity (Wildman–Crippen MR) is 110 cm³/mol. The van der Waals surface area contributed by atoms with Crippen LogP contribution in [0.3, 0.4) is 0 Å². The van der Waals surface area contributed by atoms with Gasteiger partial charge in [-0.05, 0) is 49.9 Å². The van der Waals surface area contributed by atoms with Crippen molar-refractivity contribution < 1.29 is 17.6 Å². The lowest BCUT2D eigenvalue weighted by atomic mass is 9.71. The highest BCUT2D eigenvalue weighted by Crippen LogP contribution is 2.50. The Kier molecular flexibility index (Phi) is 4.89. The van der Waals surface area contributed by atoms with Gasteiger partial charge >= 0.3 is 0 Å². The molecule has 1 unspecified atom stereocenters. The fraction of sp³-hybridized carbons (Fsp3) is 0.571. The lowest BCUT2D eigenvalue weighted by molar-refractivity contribution is -0.132. The average Bonchev–Trinajstić information content (AvgIpc) is 3.43. The average molecular weight is 448 g/mol. The van der Waals surface area contributed by atoms with Crippen molar-refractivity contribution >= 4 is 15.9 Å².